The maximum atomic E-state index is 15.3. The van der Waals surface area contributed by atoms with Crippen LogP contribution >= 0.6 is 7.26 Å². The molecular weight excluding hydrogens is 1360 g/mol. The number of hydrogen-bond donors (Lipinski definition) is 0. The Balaban J connectivity index is 8.91. The van der Waals surface area contributed by atoms with Crippen LogP contribution in [0.4, 0.5) is 206 Å². The van der Waals surface area contributed by atoms with Crippen molar-refractivity contribution in [2.75, 3.05) is 24.6 Å². The van der Waals surface area contributed by atoms with E-state index in [0.29, 0.717) is 0 Å². The molecule has 0 saturated heterocycles. The van der Waals surface area contributed by atoms with Gasteiger partial charge in [-0.2, -0.15) is 206 Å². The minimum Gasteiger partial charge on any atom is -0.199 e. The van der Waals surface area contributed by atoms with Crippen molar-refractivity contribution in [2.45, 2.75) is 184 Å². The van der Waals surface area contributed by atoms with E-state index in [4.69, 9.17) is 0 Å². The Kier molecular flexibility index (Phi) is 20.9. The Labute approximate surface area is 434 Å². The van der Waals surface area contributed by atoms with Crippen molar-refractivity contribution in [2.24, 2.45) is 11.3 Å². The summed E-state index contributed by atoms with van der Waals surface area (Å²) in [6, 6.07) is 0. The summed E-state index contributed by atoms with van der Waals surface area (Å²) >= 11 is 0. The summed E-state index contributed by atoms with van der Waals surface area (Å²) in [7, 11) is -6.72. The second-order valence-electron chi connectivity index (χ2n) is 19.6. The van der Waals surface area contributed by atoms with Crippen LogP contribution in [0.1, 0.15) is 53.4 Å². The van der Waals surface area contributed by atoms with Gasteiger partial charge in [0, 0.05) is 7.26 Å². The zero-order chi connectivity index (χ0) is 69.2. The van der Waals surface area contributed by atoms with Gasteiger partial charge >= 0.3 is 131 Å². The SMILES string of the molecule is CC(CC(C)(C)C)C[P+](CCC(F)(F)C(F)(F)C(F)(F)C(F)(F)C(F)(F)C(F)(F)F)(CCC(F)(F)C(F)(F)C(F)(F)C(F)(F)C(F)(F)C(F)(F)C(F)(F)C(F)(F)F)CCC(F)(F)C(F)(F)C(F)(F)C(F)(F)C(F)(F)C(F)(F)C(F)(F)C(F)(F)F. The number of hydrogen-bond acceptors (Lipinski definition) is 0. The molecule has 0 radical (unpaired) electrons. The molecule has 0 N–H and O–H groups in total. The Morgan fingerprint density at radius 1 is 0.226 bits per heavy atom. The van der Waals surface area contributed by atoms with Crippen molar-refractivity contribution >= 4 is 7.26 Å². The summed E-state index contributed by atoms with van der Waals surface area (Å²) in [4.78, 5) is 0. The van der Waals surface area contributed by atoms with E-state index in [-0.39, 0.29) is 6.92 Å². The molecule has 0 amide bonds. The lowest BCUT2D eigenvalue weighted by atomic mass is 9.86. The fraction of sp³-hybridized carbons (Fsp3) is 1.00. The largest absolute Gasteiger partial charge is 0.460 e. The van der Waals surface area contributed by atoms with Gasteiger partial charge in [-0.05, 0) is 17.8 Å². The molecule has 0 aromatic carbocycles. The predicted molar refractivity (Wildman–Crippen MR) is 186 cm³/mol. The highest BCUT2D eigenvalue weighted by atomic mass is 31.2. The zero-order valence-corrected chi connectivity index (χ0v) is 40.8. The topological polar surface area (TPSA) is 0 Å². The van der Waals surface area contributed by atoms with Gasteiger partial charge in [0.15, 0.2) is 0 Å². The molecule has 0 fully saturated rings. The minimum absolute atomic E-state index is 0.238. The molecule has 48 heteroatoms. The molecule has 1 atom stereocenters. The summed E-state index contributed by atoms with van der Waals surface area (Å²) in [5, 5.41) is 0. The second kappa shape index (κ2) is 21.7. The maximum Gasteiger partial charge on any atom is 0.460 e. The molecule has 84 heavy (non-hydrogen) atoms. The molecule has 0 bridgehead atoms. The van der Waals surface area contributed by atoms with Crippen LogP contribution in [0.15, 0.2) is 0 Å². The Morgan fingerprint density at radius 3 is 0.512 bits per heavy atom. The second-order valence-corrected chi connectivity index (χ2v) is 24.0. The maximum absolute atomic E-state index is 15.3. The summed E-state index contributed by atoms with van der Waals surface area (Å²) in [6.07, 6.45) is -52.2. The van der Waals surface area contributed by atoms with Crippen LogP contribution in [-0.2, 0) is 0 Å². The van der Waals surface area contributed by atoms with Crippen LogP contribution in [0.3, 0.4) is 0 Å². The van der Waals surface area contributed by atoms with Crippen LogP contribution in [0.2, 0.25) is 0 Å². The molecule has 0 aliphatic heterocycles. The molecule has 0 aliphatic rings. The summed E-state index contributed by atoms with van der Waals surface area (Å²) in [5.41, 5.74) is -1.75. The summed E-state index contributed by atoms with van der Waals surface area (Å²) in [5.74, 6) is -173. The van der Waals surface area contributed by atoms with E-state index >= 15 is 26.3 Å². The molecule has 0 heterocycles. The quantitative estimate of drug-likeness (QED) is 0.0541. The van der Waals surface area contributed by atoms with Crippen LogP contribution in [-0.4, -0.2) is 156 Å². The van der Waals surface area contributed by atoms with Crippen molar-refractivity contribution < 1.29 is 206 Å². The van der Waals surface area contributed by atoms with Gasteiger partial charge in [-0.1, -0.05) is 27.7 Å². The van der Waals surface area contributed by atoms with E-state index in [1.807, 2.05) is 0 Å². The smallest absolute Gasteiger partial charge is 0.199 e. The van der Waals surface area contributed by atoms with E-state index in [1.54, 1.807) is 0 Å². The van der Waals surface area contributed by atoms with E-state index in [0.717, 1.165) is 20.8 Å². The van der Waals surface area contributed by atoms with E-state index in [9.17, 15) is 180 Å². The third-order valence-electron chi connectivity index (χ3n) is 11.9. The Morgan fingerprint density at radius 2 is 0.369 bits per heavy atom. The lowest BCUT2D eigenvalue weighted by Crippen LogP contribution is -2.74. The number of alkyl halides is 47. The van der Waals surface area contributed by atoms with Crippen molar-refractivity contribution in [1.82, 2.24) is 0 Å². The van der Waals surface area contributed by atoms with E-state index in [1.165, 1.54) is 0 Å². The molecule has 0 aromatic rings. The molecule has 0 spiro atoms. The van der Waals surface area contributed by atoms with Gasteiger partial charge in [0.05, 0.1) is 43.9 Å². The van der Waals surface area contributed by atoms with Crippen LogP contribution in [0, 0.1) is 11.3 Å². The normalized spacial score (nSPS) is 17.3. The van der Waals surface area contributed by atoms with Gasteiger partial charge in [-0.25, -0.2) is 0 Å². The van der Waals surface area contributed by atoms with Crippen molar-refractivity contribution in [3.8, 4) is 0 Å². The van der Waals surface area contributed by atoms with Crippen LogP contribution in [0.25, 0.3) is 0 Å². The average molecular weight is 1390 g/mol. The lowest BCUT2D eigenvalue weighted by molar-refractivity contribution is -0.461. The predicted octanol–water partition coefficient (Wildman–Crippen LogP) is 20.0. The molecule has 0 aliphatic carbocycles. The fourth-order valence-electron chi connectivity index (χ4n) is 7.18. The van der Waals surface area contributed by atoms with Gasteiger partial charge in [-0.3, -0.25) is 0 Å². The molecule has 506 valence electrons. The number of rotatable bonds is 28. The highest BCUT2D eigenvalue weighted by Crippen LogP contribution is 2.71. The van der Waals surface area contributed by atoms with Crippen LogP contribution in [0.5, 0.6) is 0 Å². The third-order valence-corrected chi connectivity index (χ3v) is 16.8. The Hall–Kier alpha value is -2.86. The van der Waals surface area contributed by atoms with Crippen molar-refractivity contribution in [3.05, 3.63) is 0 Å². The third kappa shape index (κ3) is 12.2. The van der Waals surface area contributed by atoms with E-state index in [2.05, 4.69) is 0 Å². The molecular formula is C36H29F47P+. The van der Waals surface area contributed by atoms with Crippen molar-refractivity contribution in [1.29, 1.82) is 0 Å². The zero-order valence-electron chi connectivity index (χ0n) is 39.9. The first-order valence-corrected chi connectivity index (χ1v) is 23.2. The first-order chi connectivity index (χ1) is 35.5. The molecule has 0 saturated carbocycles. The van der Waals surface area contributed by atoms with Gasteiger partial charge < -0.3 is 0 Å². The summed E-state index contributed by atoms with van der Waals surface area (Å²) in [6.45, 7) is 2.65. The molecule has 0 rings (SSSR count). The first kappa shape index (κ1) is 81.1. The van der Waals surface area contributed by atoms with Gasteiger partial charge in [0.1, 0.15) is 0 Å². The highest BCUT2D eigenvalue weighted by Gasteiger charge is 2.98. The molecule has 1 unspecified atom stereocenters. The molecule has 0 aromatic heterocycles. The minimum atomic E-state index is -9.58. The van der Waals surface area contributed by atoms with Gasteiger partial charge in [0.2, 0.25) is 0 Å². The van der Waals surface area contributed by atoms with Gasteiger partial charge in [-0.15, -0.1) is 0 Å². The lowest BCUT2D eigenvalue weighted by Gasteiger charge is -2.43. The monoisotopic (exact) mass is 1390 g/mol. The molecule has 0 nitrogen and oxygen atoms in total. The highest BCUT2D eigenvalue weighted by molar-refractivity contribution is 7.75. The van der Waals surface area contributed by atoms with E-state index < -0.39 is 200 Å². The van der Waals surface area contributed by atoms with Crippen LogP contribution < -0.4 is 0 Å². The Bertz CT molecular complexity index is 2130. The standard InChI is InChI=1S/C36H29F47P/c1-13(11-14(2,3)4)12-84(10-7-17(41,42)20(47,48)23(53,54)28(63,64)31(69,70)34(75,76)77,8-5-15(37,38)18(43,44)21(49,50)24(55,56)26(59,60)29(65,66)32(71,72)35(78,79)80)9-6-16(39,40)19(45,46)22(51,52)25(57,58)27(61,62)30(67,68)33(73,74)36(81,82)83/h13H,5-12H2,1-4H3/q+1. The van der Waals surface area contributed by atoms with Crippen molar-refractivity contribution in [3.63, 3.8) is 0 Å². The first-order valence-electron chi connectivity index (χ1n) is 20.7. The summed E-state index contributed by atoms with van der Waals surface area (Å²) < 4.78 is 658. The number of halogens is 47. The average Bonchev–Trinajstić information content (AvgIpc) is 3.23. The fourth-order valence-corrected chi connectivity index (χ4v) is 12.1. The van der Waals surface area contributed by atoms with Gasteiger partial charge in [0.25, 0.3) is 0 Å².